The SMILES string of the molecule is N#C/C(=C/N1CCN(S(=O)(=O)c2ccccc2)CC1)C(=O)Nc1ccc(N)cc1Cl. The van der Waals surface area contributed by atoms with E-state index in [1.807, 2.05) is 6.07 Å². The zero-order valence-electron chi connectivity index (χ0n) is 16.0. The van der Waals surface area contributed by atoms with E-state index in [9.17, 15) is 18.5 Å². The molecule has 1 amide bonds. The van der Waals surface area contributed by atoms with E-state index in [4.69, 9.17) is 17.3 Å². The number of carbonyl (C=O) groups is 1. The van der Waals surface area contributed by atoms with E-state index >= 15 is 0 Å². The molecule has 3 N–H and O–H groups in total. The summed E-state index contributed by atoms with van der Waals surface area (Å²) < 4.78 is 26.8. The molecule has 0 saturated carbocycles. The zero-order valence-corrected chi connectivity index (χ0v) is 17.5. The molecule has 3 rings (SSSR count). The first kappa shape index (κ1) is 21.6. The van der Waals surface area contributed by atoms with Crippen LogP contribution in [0.3, 0.4) is 0 Å². The Bertz CT molecular complexity index is 1110. The number of piperazine rings is 1. The number of nitrogens with one attached hydrogen (secondary N) is 1. The molecule has 30 heavy (non-hydrogen) atoms. The minimum absolute atomic E-state index is 0.109. The van der Waals surface area contributed by atoms with Crippen LogP contribution in [-0.4, -0.2) is 49.7 Å². The first-order valence-electron chi connectivity index (χ1n) is 9.09. The highest BCUT2D eigenvalue weighted by atomic mass is 35.5. The summed E-state index contributed by atoms with van der Waals surface area (Å²) in [6.07, 6.45) is 1.44. The lowest BCUT2D eigenvalue weighted by Crippen LogP contribution is -2.46. The maximum atomic E-state index is 12.7. The second kappa shape index (κ2) is 9.17. The van der Waals surface area contributed by atoms with Gasteiger partial charge in [-0.25, -0.2) is 8.42 Å². The first-order valence-corrected chi connectivity index (χ1v) is 10.9. The van der Waals surface area contributed by atoms with Gasteiger partial charge in [-0.2, -0.15) is 9.57 Å². The van der Waals surface area contributed by atoms with Gasteiger partial charge in [-0.1, -0.05) is 29.8 Å². The van der Waals surface area contributed by atoms with Crippen LogP contribution in [0.25, 0.3) is 0 Å². The minimum Gasteiger partial charge on any atom is -0.399 e. The van der Waals surface area contributed by atoms with E-state index < -0.39 is 15.9 Å². The van der Waals surface area contributed by atoms with Gasteiger partial charge >= 0.3 is 0 Å². The zero-order chi connectivity index (χ0) is 21.7. The summed E-state index contributed by atoms with van der Waals surface area (Å²) in [4.78, 5) is 14.4. The molecule has 0 aliphatic carbocycles. The quantitative estimate of drug-likeness (QED) is 0.414. The number of sulfonamides is 1. The fourth-order valence-corrected chi connectivity index (χ4v) is 4.64. The number of anilines is 2. The van der Waals surface area contributed by atoms with Gasteiger partial charge in [-0.3, -0.25) is 4.79 Å². The molecule has 0 aromatic heterocycles. The second-order valence-corrected chi connectivity index (χ2v) is 8.95. The van der Waals surface area contributed by atoms with Gasteiger partial charge < -0.3 is 16.0 Å². The molecule has 0 atom stereocenters. The fourth-order valence-electron chi connectivity index (χ4n) is 2.96. The lowest BCUT2D eigenvalue weighted by atomic mass is 10.2. The molecule has 10 heteroatoms. The number of carbonyl (C=O) groups excluding carboxylic acids is 1. The molecule has 0 radical (unpaired) electrons. The number of rotatable bonds is 5. The standard InChI is InChI=1S/C20H20ClN5O3S/c21-18-12-16(23)6-7-19(18)24-20(27)15(13-22)14-25-8-10-26(11-9-25)30(28,29)17-4-2-1-3-5-17/h1-7,12,14H,8-11,23H2,(H,24,27)/b15-14-. The normalized spacial score (nSPS) is 15.5. The Kier molecular flexibility index (Phi) is 6.62. The monoisotopic (exact) mass is 445 g/mol. The van der Waals surface area contributed by atoms with Crippen molar-refractivity contribution in [3.8, 4) is 6.07 Å². The predicted octanol–water partition coefficient (Wildman–Crippen LogP) is 2.27. The summed E-state index contributed by atoms with van der Waals surface area (Å²) in [7, 11) is -3.57. The Labute approximate surface area is 180 Å². The smallest absolute Gasteiger partial charge is 0.267 e. The van der Waals surface area contributed by atoms with Crippen LogP contribution in [0.4, 0.5) is 11.4 Å². The van der Waals surface area contributed by atoms with Crippen LogP contribution < -0.4 is 11.1 Å². The van der Waals surface area contributed by atoms with Crippen molar-refractivity contribution >= 4 is 38.9 Å². The Morgan fingerprint density at radius 2 is 1.80 bits per heavy atom. The lowest BCUT2D eigenvalue weighted by molar-refractivity contribution is -0.112. The average molecular weight is 446 g/mol. The summed E-state index contributed by atoms with van der Waals surface area (Å²) in [5, 5.41) is 12.2. The minimum atomic E-state index is -3.57. The topological polar surface area (TPSA) is 120 Å². The van der Waals surface area contributed by atoms with Crippen LogP contribution in [0.2, 0.25) is 5.02 Å². The number of nitrogens with two attached hydrogens (primary N) is 1. The van der Waals surface area contributed by atoms with Crippen molar-refractivity contribution in [3.05, 3.63) is 65.3 Å². The van der Waals surface area contributed by atoms with Gasteiger partial charge in [0.1, 0.15) is 11.6 Å². The second-order valence-electron chi connectivity index (χ2n) is 6.60. The Morgan fingerprint density at radius 3 is 2.40 bits per heavy atom. The molecule has 1 fully saturated rings. The number of hydrogen-bond acceptors (Lipinski definition) is 6. The number of amides is 1. The van der Waals surface area contributed by atoms with E-state index in [-0.39, 0.29) is 28.6 Å². The highest BCUT2D eigenvalue weighted by Crippen LogP contribution is 2.24. The van der Waals surface area contributed by atoms with Crippen molar-refractivity contribution in [2.75, 3.05) is 37.2 Å². The molecule has 2 aromatic carbocycles. The number of nitrogens with zero attached hydrogens (tertiary/aromatic N) is 3. The average Bonchev–Trinajstić information content (AvgIpc) is 2.75. The van der Waals surface area contributed by atoms with Gasteiger partial charge in [0.15, 0.2) is 0 Å². The third-order valence-electron chi connectivity index (χ3n) is 4.57. The van der Waals surface area contributed by atoms with E-state index in [0.717, 1.165) is 0 Å². The molecule has 1 heterocycles. The molecule has 0 spiro atoms. The maximum absolute atomic E-state index is 12.7. The molecule has 0 unspecified atom stereocenters. The van der Waals surface area contributed by atoms with Crippen LogP contribution >= 0.6 is 11.6 Å². The largest absolute Gasteiger partial charge is 0.399 e. The highest BCUT2D eigenvalue weighted by molar-refractivity contribution is 7.89. The van der Waals surface area contributed by atoms with Gasteiger partial charge in [0.2, 0.25) is 10.0 Å². The van der Waals surface area contributed by atoms with Gasteiger partial charge in [-0.05, 0) is 30.3 Å². The van der Waals surface area contributed by atoms with Crippen molar-refractivity contribution in [1.29, 1.82) is 5.26 Å². The third kappa shape index (κ3) is 4.91. The maximum Gasteiger partial charge on any atom is 0.267 e. The molecule has 2 aromatic rings. The number of benzene rings is 2. The van der Waals surface area contributed by atoms with Crippen LogP contribution in [0, 0.1) is 11.3 Å². The summed E-state index contributed by atoms with van der Waals surface area (Å²) in [6, 6.07) is 14.7. The van der Waals surface area contributed by atoms with Crippen molar-refractivity contribution in [2.45, 2.75) is 4.90 Å². The highest BCUT2D eigenvalue weighted by Gasteiger charge is 2.28. The number of nitrogen functional groups attached to an aromatic ring is 1. The van der Waals surface area contributed by atoms with Gasteiger partial charge in [-0.15, -0.1) is 0 Å². The number of hydrogen-bond donors (Lipinski definition) is 2. The molecular weight excluding hydrogens is 426 g/mol. The van der Waals surface area contributed by atoms with Gasteiger partial charge in [0, 0.05) is 38.1 Å². The number of nitriles is 1. The van der Waals surface area contributed by atoms with E-state index in [2.05, 4.69) is 5.32 Å². The molecular formula is C20H20ClN5O3S. The lowest BCUT2D eigenvalue weighted by Gasteiger charge is -2.33. The van der Waals surface area contributed by atoms with E-state index in [0.29, 0.717) is 24.5 Å². The van der Waals surface area contributed by atoms with Gasteiger partial charge in [0.05, 0.1) is 15.6 Å². The molecule has 1 aliphatic heterocycles. The summed E-state index contributed by atoms with van der Waals surface area (Å²) >= 11 is 6.05. The Hall–Kier alpha value is -3.06. The molecule has 156 valence electrons. The summed E-state index contributed by atoms with van der Waals surface area (Å²) in [6.45, 7) is 1.20. The van der Waals surface area contributed by atoms with Crippen LogP contribution in [0.5, 0.6) is 0 Å². The van der Waals surface area contributed by atoms with Crippen LogP contribution in [0.15, 0.2) is 65.2 Å². The summed E-state index contributed by atoms with van der Waals surface area (Å²) in [5.74, 6) is -0.608. The molecule has 1 saturated heterocycles. The van der Waals surface area contributed by atoms with Gasteiger partial charge in [0.25, 0.3) is 5.91 Å². The Balaban J connectivity index is 1.65. The van der Waals surface area contributed by atoms with Crippen LogP contribution in [-0.2, 0) is 14.8 Å². The van der Waals surface area contributed by atoms with Crippen molar-refractivity contribution < 1.29 is 13.2 Å². The molecule has 8 nitrogen and oxygen atoms in total. The fraction of sp³-hybridized carbons (Fsp3) is 0.200. The molecule has 0 bridgehead atoms. The van der Waals surface area contributed by atoms with Crippen molar-refractivity contribution in [1.82, 2.24) is 9.21 Å². The molecule has 1 aliphatic rings. The third-order valence-corrected chi connectivity index (χ3v) is 6.80. The predicted molar refractivity (Wildman–Crippen MR) is 115 cm³/mol. The Morgan fingerprint density at radius 1 is 1.13 bits per heavy atom. The van der Waals surface area contributed by atoms with Crippen LogP contribution in [0.1, 0.15) is 0 Å². The van der Waals surface area contributed by atoms with Crippen molar-refractivity contribution in [2.24, 2.45) is 0 Å². The van der Waals surface area contributed by atoms with E-state index in [1.165, 1.54) is 16.6 Å². The number of halogens is 1. The summed E-state index contributed by atoms with van der Waals surface area (Å²) in [5.41, 5.74) is 6.32. The first-order chi connectivity index (χ1) is 14.3. The van der Waals surface area contributed by atoms with Crippen molar-refractivity contribution in [3.63, 3.8) is 0 Å². The van der Waals surface area contributed by atoms with E-state index in [1.54, 1.807) is 47.4 Å².